The summed E-state index contributed by atoms with van der Waals surface area (Å²) in [6, 6.07) is 9.20. The molecule has 6 nitrogen and oxygen atoms in total. The highest BCUT2D eigenvalue weighted by molar-refractivity contribution is 7.16. The van der Waals surface area contributed by atoms with Gasteiger partial charge in [-0.3, -0.25) is 4.79 Å². The lowest BCUT2D eigenvalue weighted by Crippen LogP contribution is -2.38. The molecule has 0 spiro atoms. The number of benzene rings is 1. The Balaban J connectivity index is 1.22. The van der Waals surface area contributed by atoms with Crippen LogP contribution in [0.5, 0.6) is 0 Å². The molecule has 1 saturated carbocycles. The Bertz CT molecular complexity index is 1330. The maximum atomic E-state index is 12.6. The lowest BCUT2D eigenvalue weighted by molar-refractivity contribution is -0.129. The number of nitrogens with zero attached hydrogens (tertiary/aromatic N) is 3. The van der Waals surface area contributed by atoms with Crippen LogP contribution in [-0.2, 0) is 16.0 Å². The molecule has 0 bridgehead atoms. The maximum Gasteiger partial charge on any atom is 0.236 e. The Morgan fingerprint density at radius 2 is 2.16 bits per heavy atom. The van der Waals surface area contributed by atoms with Crippen molar-refractivity contribution in [2.45, 2.75) is 76.5 Å². The quantitative estimate of drug-likeness (QED) is 0.490. The number of carbonyl (C=O) groups excluding carboxylic acids is 1. The van der Waals surface area contributed by atoms with Gasteiger partial charge in [0.1, 0.15) is 10.6 Å². The highest BCUT2D eigenvalue weighted by Crippen LogP contribution is 2.56. The first kappa shape index (κ1) is 25.5. The number of likely N-dealkylation sites (tertiary alicyclic amines) is 1. The van der Waals surface area contributed by atoms with Gasteiger partial charge in [-0.05, 0) is 81.1 Å². The molecule has 3 unspecified atom stereocenters. The molecule has 6 rings (SSSR count). The lowest BCUT2D eigenvalue weighted by atomic mass is 9.84. The lowest BCUT2D eigenvalue weighted by Gasteiger charge is -2.28. The van der Waals surface area contributed by atoms with Crippen LogP contribution < -0.4 is 5.32 Å². The summed E-state index contributed by atoms with van der Waals surface area (Å²) in [5.74, 6) is 0.460. The van der Waals surface area contributed by atoms with Crippen LogP contribution in [0.15, 0.2) is 42.1 Å². The number of rotatable bonds is 7. The van der Waals surface area contributed by atoms with Crippen LogP contribution in [0.25, 0.3) is 16.0 Å². The first-order valence-electron chi connectivity index (χ1n) is 14.1. The SMILES string of the molecule is CC(C)OC12CC1C=C(c1ncc(-c3cccc4c3CCCC4NCC(=O)N3CCCC3)s1)CC=C2C#N. The van der Waals surface area contributed by atoms with E-state index in [2.05, 4.69) is 35.7 Å². The van der Waals surface area contributed by atoms with Crippen molar-refractivity contribution in [3.8, 4) is 16.5 Å². The van der Waals surface area contributed by atoms with E-state index in [4.69, 9.17) is 9.72 Å². The summed E-state index contributed by atoms with van der Waals surface area (Å²) < 4.78 is 6.25. The molecule has 0 radical (unpaired) electrons. The normalized spacial score (nSPS) is 26.2. The van der Waals surface area contributed by atoms with Crippen molar-refractivity contribution >= 4 is 22.8 Å². The van der Waals surface area contributed by atoms with Crippen LogP contribution >= 0.6 is 11.3 Å². The van der Waals surface area contributed by atoms with Gasteiger partial charge in [0, 0.05) is 31.2 Å². The highest BCUT2D eigenvalue weighted by Gasteiger charge is 2.58. The number of amides is 1. The van der Waals surface area contributed by atoms with Crippen molar-refractivity contribution in [3.05, 3.63) is 58.3 Å². The summed E-state index contributed by atoms with van der Waals surface area (Å²) in [4.78, 5) is 20.6. The predicted octanol–water partition coefficient (Wildman–Crippen LogP) is 5.82. The highest BCUT2D eigenvalue weighted by atomic mass is 32.1. The average molecular weight is 529 g/mol. The number of hydrogen-bond acceptors (Lipinski definition) is 6. The second-order valence-electron chi connectivity index (χ2n) is 11.3. The Hall–Kier alpha value is -2.79. The summed E-state index contributed by atoms with van der Waals surface area (Å²) in [5.41, 5.74) is 5.47. The van der Waals surface area contributed by atoms with Gasteiger partial charge in [0.15, 0.2) is 0 Å². The molecule has 7 heteroatoms. The first-order chi connectivity index (χ1) is 18.5. The second-order valence-corrected chi connectivity index (χ2v) is 12.3. The molecule has 3 aliphatic carbocycles. The summed E-state index contributed by atoms with van der Waals surface area (Å²) in [5, 5.41) is 14.4. The molecule has 1 amide bonds. The third kappa shape index (κ3) is 4.75. The number of hydrogen-bond donors (Lipinski definition) is 1. The molecule has 1 aromatic carbocycles. The molecule has 1 aliphatic heterocycles. The summed E-state index contributed by atoms with van der Waals surface area (Å²) >= 11 is 1.74. The van der Waals surface area contributed by atoms with Gasteiger partial charge >= 0.3 is 0 Å². The molecule has 38 heavy (non-hydrogen) atoms. The molecular formula is C31H36N4O2S. The number of thiazole rings is 1. The zero-order valence-electron chi connectivity index (χ0n) is 22.3. The molecular weight excluding hydrogens is 492 g/mol. The molecule has 1 saturated heterocycles. The number of nitrogens with one attached hydrogen (secondary N) is 1. The van der Waals surface area contributed by atoms with Crippen LogP contribution in [0.3, 0.4) is 0 Å². The van der Waals surface area contributed by atoms with Gasteiger partial charge < -0.3 is 15.0 Å². The average Bonchev–Trinajstić information content (AvgIpc) is 3.28. The molecule has 4 aliphatic rings. The van der Waals surface area contributed by atoms with Crippen LogP contribution in [0.1, 0.15) is 74.5 Å². The second kappa shape index (κ2) is 10.4. The minimum Gasteiger partial charge on any atom is -0.366 e. The predicted molar refractivity (Wildman–Crippen MR) is 150 cm³/mol. The minimum absolute atomic E-state index is 0.0825. The molecule has 1 aromatic heterocycles. The fraction of sp³-hybridized carbons (Fsp3) is 0.516. The molecule has 2 heterocycles. The van der Waals surface area contributed by atoms with E-state index in [9.17, 15) is 10.1 Å². The fourth-order valence-electron chi connectivity index (χ4n) is 6.51. The number of fused-ring (bicyclic) bond motifs is 2. The van der Waals surface area contributed by atoms with Crippen molar-refractivity contribution in [3.63, 3.8) is 0 Å². The zero-order chi connectivity index (χ0) is 26.3. The number of carbonyl (C=O) groups is 1. The Morgan fingerprint density at radius 3 is 2.95 bits per heavy atom. The smallest absolute Gasteiger partial charge is 0.236 e. The number of aromatic nitrogens is 1. The van der Waals surface area contributed by atoms with Gasteiger partial charge in [-0.1, -0.05) is 30.4 Å². The van der Waals surface area contributed by atoms with E-state index in [0.717, 1.165) is 62.2 Å². The van der Waals surface area contributed by atoms with Gasteiger partial charge in [0.2, 0.25) is 5.91 Å². The van der Waals surface area contributed by atoms with Crippen LogP contribution in [0.4, 0.5) is 0 Å². The van der Waals surface area contributed by atoms with Crippen LogP contribution in [-0.4, -0.2) is 47.1 Å². The van der Waals surface area contributed by atoms with E-state index in [0.29, 0.717) is 13.0 Å². The van der Waals surface area contributed by atoms with Crippen LogP contribution in [0, 0.1) is 17.2 Å². The molecule has 198 valence electrons. The largest absolute Gasteiger partial charge is 0.366 e. The van der Waals surface area contributed by atoms with E-state index in [1.165, 1.54) is 27.1 Å². The van der Waals surface area contributed by atoms with E-state index < -0.39 is 5.60 Å². The van der Waals surface area contributed by atoms with Crippen molar-refractivity contribution < 1.29 is 9.53 Å². The Labute approximate surface area is 229 Å². The molecule has 2 fully saturated rings. The maximum absolute atomic E-state index is 12.6. The minimum atomic E-state index is -0.443. The van der Waals surface area contributed by atoms with Crippen molar-refractivity contribution in [2.75, 3.05) is 19.6 Å². The van der Waals surface area contributed by atoms with E-state index >= 15 is 0 Å². The first-order valence-corrected chi connectivity index (χ1v) is 14.9. The topological polar surface area (TPSA) is 78.2 Å². The molecule has 3 atom stereocenters. The monoisotopic (exact) mass is 528 g/mol. The van der Waals surface area contributed by atoms with Gasteiger partial charge in [-0.2, -0.15) is 5.26 Å². The fourth-order valence-corrected chi connectivity index (χ4v) is 7.52. The van der Waals surface area contributed by atoms with Gasteiger partial charge in [0.25, 0.3) is 0 Å². The zero-order valence-corrected chi connectivity index (χ0v) is 23.2. The number of allylic oxidation sites excluding steroid dienone is 2. The molecule has 2 aromatic rings. The molecule has 1 N–H and O–H groups in total. The van der Waals surface area contributed by atoms with Gasteiger partial charge in [-0.15, -0.1) is 11.3 Å². The summed E-state index contributed by atoms with van der Waals surface area (Å²) in [6.07, 6.45) is 13.5. The summed E-state index contributed by atoms with van der Waals surface area (Å²) in [6.45, 7) is 6.28. The number of nitriles is 1. The third-order valence-corrected chi connectivity index (χ3v) is 9.53. The van der Waals surface area contributed by atoms with E-state index in [1.807, 2.05) is 31.0 Å². The number of ether oxygens (including phenoxy) is 1. The Morgan fingerprint density at radius 1 is 1.32 bits per heavy atom. The Kier molecular flexibility index (Phi) is 6.98. The van der Waals surface area contributed by atoms with E-state index in [1.54, 1.807) is 11.3 Å². The van der Waals surface area contributed by atoms with Gasteiger partial charge in [-0.25, -0.2) is 4.98 Å². The standard InChI is InChI=1S/C31H36N4O2S/c1-20(2)37-31-16-23(31)15-21(11-12-22(31)17-32)30-34-18-28(38-30)26-9-5-8-25-24(26)7-6-10-27(25)33-19-29(36)35-13-3-4-14-35/h5,8-9,12,15,18,20,23,27,33H,3-4,6-7,10-11,13-14,16,19H2,1-2H3. The van der Waals surface area contributed by atoms with Crippen molar-refractivity contribution in [1.82, 2.24) is 15.2 Å². The van der Waals surface area contributed by atoms with Crippen molar-refractivity contribution in [1.29, 1.82) is 5.26 Å². The summed E-state index contributed by atoms with van der Waals surface area (Å²) in [7, 11) is 0. The van der Waals surface area contributed by atoms with Gasteiger partial charge in [0.05, 0.1) is 29.2 Å². The van der Waals surface area contributed by atoms with Crippen LogP contribution in [0.2, 0.25) is 0 Å². The van der Waals surface area contributed by atoms with Crippen molar-refractivity contribution in [2.24, 2.45) is 5.92 Å². The van der Waals surface area contributed by atoms with E-state index in [-0.39, 0.29) is 24.0 Å². The third-order valence-electron chi connectivity index (χ3n) is 8.42.